The van der Waals surface area contributed by atoms with E-state index >= 15 is 0 Å². The van der Waals surface area contributed by atoms with Gasteiger partial charge in [0.1, 0.15) is 0 Å². The van der Waals surface area contributed by atoms with E-state index in [4.69, 9.17) is 16.3 Å². The van der Waals surface area contributed by atoms with E-state index in [2.05, 4.69) is 26.5 Å². The average Bonchev–Trinajstić information content (AvgIpc) is 2.81. The van der Waals surface area contributed by atoms with E-state index in [1.807, 2.05) is 28.9 Å². The maximum atomic E-state index is 6.04. The summed E-state index contributed by atoms with van der Waals surface area (Å²) in [7, 11) is 1.66. The summed E-state index contributed by atoms with van der Waals surface area (Å²) in [5.41, 5.74) is 11.4. The van der Waals surface area contributed by atoms with Crippen molar-refractivity contribution in [2.75, 3.05) is 19.5 Å². The van der Waals surface area contributed by atoms with Gasteiger partial charge >= 0.3 is 0 Å². The summed E-state index contributed by atoms with van der Waals surface area (Å²) >= 11 is 3.51. The molecular formula is C13H18BrN5O. The molecule has 5 N–H and O–H groups in total. The number of nitrogens with two attached hydrogens (primary N) is 2. The first kappa shape index (κ1) is 15.0. The molecule has 2 rings (SSSR count). The monoisotopic (exact) mass is 339 g/mol. The van der Waals surface area contributed by atoms with Gasteiger partial charge in [0.25, 0.3) is 0 Å². The Morgan fingerprint density at radius 2 is 2.20 bits per heavy atom. The van der Waals surface area contributed by atoms with Crippen molar-refractivity contribution in [2.24, 2.45) is 5.84 Å². The first-order valence-corrected chi connectivity index (χ1v) is 6.99. The van der Waals surface area contributed by atoms with Crippen LogP contribution in [0.4, 0.5) is 5.69 Å². The lowest BCUT2D eigenvalue weighted by Crippen LogP contribution is -2.32. The van der Waals surface area contributed by atoms with Crippen molar-refractivity contribution in [1.29, 1.82) is 0 Å². The van der Waals surface area contributed by atoms with Crippen LogP contribution in [0.3, 0.4) is 0 Å². The molecule has 20 heavy (non-hydrogen) atoms. The number of hydrazine groups is 1. The standard InChI is InChI=1S/C13H18BrN5O/c1-20-7-6-19-13(10(14)8-17-19)12(18-16)9-4-2-3-5-11(9)15/h2-5,8,12,18H,6-7,15-16H2,1H3. The molecule has 0 radical (unpaired) electrons. The second-order valence-electron chi connectivity index (χ2n) is 4.32. The number of nitrogens with one attached hydrogen (secondary N) is 1. The van der Waals surface area contributed by atoms with E-state index < -0.39 is 0 Å². The van der Waals surface area contributed by atoms with Gasteiger partial charge in [0.2, 0.25) is 0 Å². The van der Waals surface area contributed by atoms with Crippen LogP contribution in [0.1, 0.15) is 17.3 Å². The molecule has 0 fully saturated rings. The van der Waals surface area contributed by atoms with Gasteiger partial charge in [0.05, 0.1) is 35.6 Å². The molecule has 1 heterocycles. The van der Waals surface area contributed by atoms with Gasteiger partial charge in [-0.15, -0.1) is 0 Å². The van der Waals surface area contributed by atoms with Crippen LogP contribution in [0, 0.1) is 0 Å². The molecule has 0 saturated heterocycles. The van der Waals surface area contributed by atoms with Gasteiger partial charge in [-0.1, -0.05) is 18.2 Å². The highest BCUT2D eigenvalue weighted by atomic mass is 79.9. The van der Waals surface area contributed by atoms with E-state index in [0.29, 0.717) is 18.8 Å². The Morgan fingerprint density at radius 3 is 2.85 bits per heavy atom. The van der Waals surface area contributed by atoms with Gasteiger partial charge in [-0.05, 0) is 27.6 Å². The second-order valence-corrected chi connectivity index (χ2v) is 5.18. The quantitative estimate of drug-likeness (QED) is 0.420. The Kier molecular flexibility index (Phi) is 5.13. The Hall–Kier alpha value is -1.41. The highest BCUT2D eigenvalue weighted by Gasteiger charge is 2.22. The first-order valence-electron chi connectivity index (χ1n) is 6.19. The number of ether oxygens (including phenoxy) is 1. The summed E-state index contributed by atoms with van der Waals surface area (Å²) in [6.07, 6.45) is 1.74. The van der Waals surface area contributed by atoms with Crippen LogP contribution >= 0.6 is 15.9 Å². The van der Waals surface area contributed by atoms with Crippen LogP contribution in [-0.4, -0.2) is 23.5 Å². The molecule has 0 spiro atoms. The lowest BCUT2D eigenvalue weighted by atomic mass is 10.0. The van der Waals surface area contributed by atoms with Gasteiger partial charge in [0, 0.05) is 12.8 Å². The second kappa shape index (κ2) is 6.85. The molecule has 0 saturated carbocycles. The van der Waals surface area contributed by atoms with Gasteiger partial charge < -0.3 is 10.5 Å². The molecule has 1 unspecified atom stereocenters. The van der Waals surface area contributed by atoms with E-state index in [-0.39, 0.29) is 6.04 Å². The molecule has 1 aromatic heterocycles. The molecule has 0 aliphatic carbocycles. The highest BCUT2D eigenvalue weighted by molar-refractivity contribution is 9.10. The minimum absolute atomic E-state index is 0.245. The van der Waals surface area contributed by atoms with Crippen LogP contribution in [-0.2, 0) is 11.3 Å². The number of methoxy groups -OCH3 is 1. The van der Waals surface area contributed by atoms with Crippen LogP contribution in [0.15, 0.2) is 34.9 Å². The number of nitrogens with zero attached hydrogens (tertiary/aromatic N) is 2. The van der Waals surface area contributed by atoms with E-state index in [0.717, 1.165) is 15.7 Å². The fraction of sp³-hybridized carbons (Fsp3) is 0.308. The number of para-hydroxylation sites is 1. The molecule has 1 aromatic carbocycles. The molecule has 0 aliphatic heterocycles. The van der Waals surface area contributed by atoms with E-state index in [1.54, 1.807) is 13.3 Å². The Morgan fingerprint density at radius 1 is 1.45 bits per heavy atom. The average molecular weight is 340 g/mol. The molecule has 0 bridgehead atoms. The van der Waals surface area contributed by atoms with Crippen molar-refractivity contribution in [3.05, 3.63) is 46.2 Å². The topological polar surface area (TPSA) is 91.1 Å². The van der Waals surface area contributed by atoms with Crippen LogP contribution in [0.5, 0.6) is 0 Å². The largest absolute Gasteiger partial charge is 0.398 e. The minimum atomic E-state index is -0.245. The zero-order valence-corrected chi connectivity index (χ0v) is 12.8. The van der Waals surface area contributed by atoms with Crippen molar-refractivity contribution in [3.8, 4) is 0 Å². The molecule has 0 aliphatic rings. The summed E-state index contributed by atoms with van der Waals surface area (Å²) in [5, 5.41) is 4.33. The Balaban J connectivity index is 2.42. The number of halogens is 1. The fourth-order valence-corrected chi connectivity index (χ4v) is 2.63. The van der Waals surface area contributed by atoms with Crippen LogP contribution < -0.4 is 17.0 Å². The zero-order chi connectivity index (χ0) is 14.5. The van der Waals surface area contributed by atoms with Gasteiger partial charge in [0.15, 0.2) is 0 Å². The van der Waals surface area contributed by atoms with Crippen molar-refractivity contribution in [1.82, 2.24) is 15.2 Å². The SMILES string of the molecule is COCCn1ncc(Br)c1C(NN)c1ccccc1N. The maximum Gasteiger partial charge on any atom is 0.0909 e. The van der Waals surface area contributed by atoms with Crippen LogP contribution in [0.2, 0.25) is 0 Å². The molecule has 2 aromatic rings. The normalized spacial score (nSPS) is 12.6. The summed E-state index contributed by atoms with van der Waals surface area (Å²) < 4.78 is 7.83. The molecule has 0 amide bonds. The number of anilines is 1. The number of rotatable bonds is 6. The lowest BCUT2D eigenvalue weighted by Gasteiger charge is -2.20. The molecular weight excluding hydrogens is 322 g/mol. The third-order valence-electron chi connectivity index (χ3n) is 3.09. The zero-order valence-electron chi connectivity index (χ0n) is 11.2. The maximum absolute atomic E-state index is 6.04. The van der Waals surface area contributed by atoms with Gasteiger partial charge in [-0.3, -0.25) is 10.5 Å². The van der Waals surface area contributed by atoms with E-state index in [1.165, 1.54) is 0 Å². The minimum Gasteiger partial charge on any atom is -0.398 e. The Labute approximate surface area is 126 Å². The van der Waals surface area contributed by atoms with Crippen molar-refractivity contribution < 1.29 is 4.74 Å². The first-order chi connectivity index (χ1) is 9.69. The third kappa shape index (κ3) is 3.01. The van der Waals surface area contributed by atoms with Crippen molar-refractivity contribution in [2.45, 2.75) is 12.6 Å². The summed E-state index contributed by atoms with van der Waals surface area (Å²) in [5.74, 6) is 5.73. The molecule has 108 valence electrons. The van der Waals surface area contributed by atoms with E-state index in [9.17, 15) is 0 Å². The Bertz CT molecular complexity index is 572. The summed E-state index contributed by atoms with van der Waals surface area (Å²) in [4.78, 5) is 0. The number of nitrogen functional groups attached to an aromatic ring is 1. The number of hydrogen-bond donors (Lipinski definition) is 3. The third-order valence-corrected chi connectivity index (χ3v) is 3.70. The molecule has 1 atom stereocenters. The van der Waals surface area contributed by atoms with Gasteiger partial charge in [-0.2, -0.15) is 5.10 Å². The summed E-state index contributed by atoms with van der Waals surface area (Å²) in [6.45, 7) is 1.21. The van der Waals surface area contributed by atoms with Gasteiger partial charge in [-0.25, -0.2) is 5.43 Å². The number of hydrogen-bond acceptors (Lipinski definition) is 5. The predicted molar refractivity (Wildman–Crippen MR) is 81.8 cm³/mol. The fourth-order valence-electron chi connectivity index (χ4n) is 2.10. The summed E-state index contributed by atoms with van der Waals surface area (Å²) in [6, 6.07) is 7.37. The molecule has 7 heteroatoms. The van der Waals surface area contributed by atoms with Crippen molar-refractivity contribution in [3.63, 3.8) is 0 Å². The predicted octanol–water partition coefficient (Wildman–Crippen LogP) is 1.43. The van der Waals surface area contributed by atoms with Crippen LogP contribution in [0.25, 0.3) is 0 Å². The van der Waals surface area contributed by atoms with Crippen molar-refractivity contribution >= 4 is 21.6 Å². The highest BCUT2D eigenvalue weighted by Crippen LogP contribution is 2.30. The number of benzene rings is 1. The molecule has 6 nitrogen and oxygen atoms in total. The number of aromatic nitrogens is 2. The lowest BCUT2D eigenvalue weighted by molar-refractivity contribution is 0.182. The smallest absolute Gasteiger partial charge is 0.0909 e.